The Kier molecular flexibility index (Phi) is 6.72. The summed E-state index contributed by atoms with van der Waals surface area (Å²) in [5, 5.41) is 3.94. The van der Waals surface area contributed by atoms with Gasteiger partial charge in [0.15, 0.2) is 0 Å². The first-order valence-electron chi connectivity index (χ1n) is 8.72. The van der Waals surface area contributed by atoms with E-state index in [9.17, 15) is 0 Å². The van der Waals surface area contributed by atoms with E-state index >= 15 is 0 Å². The third-order valence-corrected chi connectivity index (χ3v) is 4.47. The van der Waals surface area contributed by atoms with Crippen molar-refractivity contribution in [3.05, 3.63) is 35.9 Å². The SMILES string of the molecule is CCCN1CCC(NC(CC(C)C)c2ccccc2)CC1. The van der Waals surface area contributed by atoms with Crippen LogP contribution in [0, 0.1) is 5.92 Å². The van der Waals surface area contributed by atoms with Crippen LogP contribution in [0.3, 0.4) is 0 Å². The normalized spacial score (nSPS) is 19.0. The molecule has 2 heteroatoms. The second-order valence-electron chi connectivity index (χ2n) is 6.88. The van der Waals surface area contributed by atoms with Gasteiger partial charge in [-0.05, 0) is 56.8 Å². The van der Waals surface area contributed by atoms with Gasteiger partial charge in [-0.15, -0.1) is 0 Å². The van der Waals surface area contributed by atoms with Gasteiger partial charge >= 0.3 is 0 Å². The first-order valence-corrected chi connectivity index (χ1v) is 8.72. The van der Waals surface area contributed by atoms with Crippen LogP contribution in [0.2, 0.25) is 0 Å². The minimum Gasteiger partial charge on any atom is -0.307 e. The van der Waals surface area contributed by atoms with Gasteiger partial charge in [-0.1, -0.05) is 51.1 Å². The highest BCUT2D eigenvalue weighted by Crippen LogP contribution is 2.23. The molecule has 1 aromatic carbocycles. The fraction of sp³-hybridized carbons (Fsp3) is 0.684. The van der Waals surface area contributed by atoms with E-state index in [4.69, 9.17) is 0 Å². The molecular formula is C19H32N2. The predicted molar refractivity (Wildman–Crippen MR) is 91.5 cm³/mol. The minimum atomic E-state index is 0.508. The predicted octanol–water partition coefficient (Wildman–Crippen LogP) is 4.24. The van der Waals surface area contributed by atoms with Gasteiger partial charge < -0.3 is 10.2 Å². The molecule has 1 fully saturated rings. The van der Waals surface area contributed by atoms with Crippen LogP contribution in [0.15, 0.2) is 30.3 Å². The van der Waals surface area contributed by atoms with Crippen LogP contribution in [-0.4, -0.2) is 30.6 Å². The second-order valence-corrected chi connectivity index (χ2v) is 6.88. The highest BCUT2D eigenvalue weighted by atomic mass is 15.1. The van der Waals surface area contributed by atoms with Gasteiger partial charge in [-0.2, -0.15) is 0 Å². The first kappa shape index (κ1) is 16.5. The van der Waals surface area contributed by atoms with Crippen LogP contribution in [0.1, 0.15) is 58.1 Å². The number of hydrogen-bond acceptors (Lipinski definition) is 2. The zero-order chi connectivity index (χ0) is 15.1. The lowest BCUT2D eigenvalue weighted by atomic mass is 9.94. The van der Waals surface area contributed by atoms with E-state index in [0.717, 1.165) is 5.92 Å². The fourth-order valence-corrected chi connectivity index (χ4v) is 3.38. The van der Waals surface area contributed by atoms with Crippen LogP contribution in [0.25, 0.3) is 0 Å². The molecule has 1 atom stereocenters. The number of nitrogens with one attached hydrogen (secondary N) is 1. The summed E-state index contributed by atoms with van der Waals surface area (Å²) in [5.74, 6) is 0.725. The lowest BCUT2D eigenvalue weighted by Gasteiger charge is -2.35. The third-order valence-electron chi connectivity index (χ3n) is 4.47. The zero-order valence-electron chi connectivity index (χ0n) is 14.0. The van der Waals surface area contributed by atoms with E-state index < -0.39 is 0 Å². The number of nitrogens with zero attached hydrogens (tertiary/aromatic N) is 1. The summed E-state index contributed by atoms with van der Waals surface area (Å²) in [6.45, 7) is 10.7. The molecule has 1 aromatic rings. The molecule has 1 aliphatic heterocycles. The van der Waals surface area contributed by atoms with Crippen molar-refractivity contribution in [1.29, 1.82) is 0 Å². The lowest BCUT2D eigenvalue weighted by Crippen LogP contribution is -2.44. The van der Waals surface area contributed by atoms with Crippen LogP contribution >= 0.6 is 0 Å². The molecular weight excluding hydrogens is 256 g/mol. The molecule has 2 nitrogen and oxygen atoms in total. The molecule has 1 aliphatic rings. The van der Waals surface area contributed by atoms with Crippen LogP contribution in [-0.2, 0) is 0 Å². The zero-order valence-corrected chi connectivity index (χ0v) is 14.0. The summed E-state index contributed by atoms with van der Waals surface area (Å²) in [4.78, 5) is 2.61. The summed E-state index contributed by atoms with van der Waals surface area (Å²) in [5.41, 5.74) is 1.45. The van der Waals surface area contributed by atoms with E-state index in [2.05, 4.69) is 61.3 Å². The summed E-state index contributed by atoms with van der Waals surface area (Å²) >= 11 is 0. The van der Waals surface area contributed by atoms with Crippen molar-refractivity contribution in [3.63, 3.8) is 0 Å². The summed E-state index contributed by atoms with van der Waals surface area (Å²) in [6.07, 6.45) is 5.08. The Labute approximate surface area is 130 Å². The second kappa shape index (κ2) is 8.55. The molecule has 0 aromatic heterocycles. The average Bonchev–Trinajstić information content (AvgIpc) is 2.49. The molecule has 2 rings (SSSR count). The van der Waals surface area contributed by atoms with Crippen molar-refractivity contribution in [2.45, 2.75) is 58.5 Å². The number of likely N-dealkylation sites (tertiary alicyclic amines) is 1. The third kappa shape index (κ3) is 5.44. The van der Waals surface area contributed by atoms with E-state index in [1.54, 1.807) is 0 Å². The Bertz CT molecular complexity index is 380. The maximum absolute atomic E-state index is 3.94. The Balaban J connectivity index is 1.91. The van der Waals surface area contributed by atoms with Gasteiger partial charge in [0.05, 0.1) is 0 Å². The Morgan fingerprint density at radius 2 is 1.81 bits per heavy atom. The van der Waals surface area contributed by atoms with Gasteiger partial charge in [0.25, 0.3) is 0 Å². The van der Waals surface area contributed by atoms with Crippen LogP contribution in [0.4, 0.5) is 0 Å². The standard InChI is InChI=1S/C19H32N2/c1-4-12-21-13-10-18(11-14-21)20-19(15-16(2)3)17-8-6-5-7-9-17/h5-9,16,18-20H,4,10-15H2,1-3H3. The Morgan fingerprint density at radius 1 is 1.14 bits per heavy atom. The summed E-state index contributed by atoms with van der Waals surface area (Å²) < 4.78 is 0. The van der Waals surface area contributed by atoms with Crippen molar-refractivity contribution in [2.24, 2.45) is 5.92 Å². The monoisotopic (exact) mass is 288 g/mol. The van der Waals surface area contributed by atoms with Gasteiger partial charge in [0.1, 0.15) is 0 Å². The van der Waals surface area contributed by atoms with E-state index in [-0.39, 0.29) is 0 Å². The molecule has 118 valence electrons. The van der Waals surface area contributed by atoms with E-state index in [1.807, 2.05) is 0 Å². The molecule has 1 heterocycles. The van der Waals surface area contributed by atoms with Gasteiger partial charge in [-0.3, -0.25) is 0 Å². The van der Waals surface area contributed by atoms with E-state index in [1.165, 1.54) is 50.9 Å². The largest absolute Gasteiger partial charge is 0.307 e. The lowest BCUT2D eigenvalue weighted by molar-refractivity contribution is 0.187. The molecule has 0 radical (unpaired) electrons. The van der Waals surface area contributed by atoms with Crippen molar-refractivity contribution in [1.82, 2.24) is 10.2 Å². The number of hydrogen-bond donors (Lipinski definition) is 1. The highest BCUT2D eigenvalue weighted by molar-refractivity contribution is 5.19. The molecule has 1 unspecified atom stereocenters. The molecule has 0 amide bonds. The molecule has 21 heavy (non-hydrogen) atoms. The number of benzene rings is 1. The minimum absolute atomic E-state index is 0.508. The molecule has 0 bridgehead atoms. The smallest absolute Gasteiger partial charge is 0.0325 e. The summed E-state index contributed by atoms with van der Waals surface area (Å²) in [6, 6.07) is 12.2. The topological polar surface area (TPSA) is 15.3 Å². The van der Waals surface area contributed by atoms with Crippen molar-refractivity contribution in [3.8, 4) is 0 Å². The summed E-state index contributed by atoms with van der Waals surface area (Å²) in [7, 11) is 0. The maximum atomic E-state index is 3.94. The molecule has 1 saturated heterocycles. The van der Waals surface area contributed by atoms with Crippen molar-refractivity contribution in [2.75, 3.05) is 19.6 Å². The average molecular weight is 288 g/mol. The van der Waals surface area contributed by atoms with Crippen molar-refractivity contribution < 1.29 is 0 Å². The van der Waals surface area contributed by atoms with Gasteiger partial charge in [0.2, 0.25) is 0 Å². The number of rotatable bonds is 7. The van der Waals surface area contributed by atoms with Gasteiger partial charge in [0, 0.05) is 12.1 Å². The molecule has 1 N–H and O–H groups in total. The maximum Gasteiger partial charge on any atom is 0.0325 e. The van der Waals surface area contributed by atoms with Gasteiger partial charge in [-0.25, -0.2) is 0 Å². The molecule has 0 saturated carbocycles. The fourth-order valence-electron chi connectivity index (χ4n) is 3.38. The highest BCUT2D eigenvalue weighted by Gasteiger charge is 2.22. The van der Waals surface area contributed by atoms with Crippen molar-refractivity contribution >= 4 is 0 Å². The first-order chi connectivity index (χ1) is 10.2. The van der Waals surface area contributed by atoms with Crippen LogP contribution < -0.4 is 5.32 Å². The molecule has 0 aliphatic carbocycles. The molecule has 0 spiro atoms. The quantitative estimate of drug-likeness (QED) is 0.807. The Hall–Kier alpha value is -0.860. The van der Waals surface area contributed by atoms with Crippen LogP contribution in [0.5, 0.6) is 0 Å². The number of piperidine rings is 1. The Morgan fingerprint density at radius 3 is 2.38 bits per heavy atom. The van der Waals surface area contributed by atoms with E-state index in [0.29, 0.717) is 12.1 Å².